The van der Waals surface area contributed by atoms with Crippen molar-refractivity contribution in [2.45, 2.75) is 20.3 Å². The van der Waals surface area contributed by atoms with Gasteiger partial charge in [0.2, 0.25) is 6.79 Å². The molecule has 0 amide bonds. The van der Waals surface area contributed by atoms with Crippen LogP contribution in [0, 0.1) is 19.8 Å². The summed E-state index contributed by atoms with van der Waals surface area (Å²) in [6.07, 6.45) is 8.90. The Morgan fingerprint density at radius 1 is 1.33 bits per heavy atom. The predicted molar refractivity (Wildman–Crippen MR) is 92.1 cm³/mol. The molecule has 0 spiro atoms. The lowest BCUT2D eigenvalue weighted by atomic mass is 9.93. The van der Waals surface area contributed by atoms with Crippen molar-refractivity contribution in [3.05, 3.63) is 64.2 Å². The Kier molecular flexibility index (Phi) is 3.56. The number of aromatic amines is 1. The second kappa shape index (κ2) is 5.74. The van der Waals surface area contributed by atoms with Crippen LogP contribution in [0.15, 0.2) is 52.3 Å². The van der Waals surface area contributed by atoms with E-state index >= 15 is 0 Å². The zero-order valence-electron chi connectivity index (χ0n) is 14.1. The Labute approximate surface area is 141 Å². The SMILES string of the molecule is COC1=CC(C2C=CC3=C(C2)OCO3)=N/C1=C\c1[nH]c(C)cc1C. The first-order valence-corrected chi connectivity index (χ1v) is 8.03. The molecule has 0 saturated heterocycles. The molecule has 1 aromatic rings. The van der Waals surface area contributed by atoms with E-state index in [1.165, 1.54) is 5.56 Å². The molecule has 24 heavy (non-hydrogen) atoms. The highest BCUT2D eigenvalue weighted by Gasteiger charge is 2.28. The molecule has 0 fully saturated rings. The highest BCUT2D eigenvalue weighted by Crippen LogP contribution is 2.34. The molecule has 1 N–H and O–H groups in total. The molecule has 1 unspecified atom stereocenters. The lowest BCUT2D eigenvalue weighted by molar-refractivity contribution is 0.0724. The Hall–Kier alpha value is -2.69. The number of hydrogen-bond acceptors (Lipinski definition) is 4. The molecule has 1 aromatic heterocycles. The molecule has 0 bridgehead atoms. The van der Waals surface area contributed by atoms with E-state index in [1.54, 1.807) is 7.11 Å². The number of aryl methyl sites for hydroxylation is 2. The normalized spacial score (nSPS) is 23.8. The van der Waals surface area contributed by atoms with E-state index in [9.17, 15) is 0 Å². The fourth-order valence-corrected chi connectivity index (χ4v) is 3.22. The molecule has 1 atom stereocenters. The molecule has 3 heterocycles. The maximum absolute atomic E-state index is 5.52. The zero-order valence-corrected chi connectivity index (χ0v) is 14.1. The van der Waals surface area contributed by atoms with Crippen molar-refractivity contribution in [3.8, 4) is 0 Å². The fourth-order valence-electron chi connectivity index (χ4n) is 3.22. The molecule has 3 aliphatic rings. The van der Waals surface area contributed by atoms with Crippen LogP contribution in [0.1, 0.15) is 23.4 Å². The number of H-pyrrole nitrogens is 1. The number of aliphatic imine (C=N–C) groups is 1. The summed E-state index contributed by atoms with van der Waals surface area (Å²) in [5.41, 5.74) is 5.22. The molecule has 2 aliphatic heterocycles. The maximum Gasteiger partial charge on any atom is 0.230 e. The van der Waals surface area contributed by atoms with Crippen molar-refractivity contribution in [1.29, 1.82) is 0 Å². The second-order valence-corrected chi connectivity index (χ2v) is 6.19. The summed E-state index contributed by atoms with van der Waals surface area (Å²) in [6, 6.07) is 2.12. The van der Waals surface area contributed by atoms with Crippen LogP contribution >= 0.6 is 0 Å². The van der Waals surface area contributed by atoms with Crippen molar-refractivity contribution >= 4 is 11.8 Å². The summed E-state index contributed by atoms with van der Waals surface area (Å²) in [7, 11) is 1.68. The highest BCUT2D eigenvalue weighted by atomic mass is 16.7. The van der Waals surface area contributed by atoms with Gasteiger partial charge in [-0.2, -0.15) is 0 Å². The van der Waals surface area contributed by atoms with Gasteiger partial charge in [-0.25, -0.2) is 4.99 Å². The van der Waals surface area contributed by atoms with Crippen LogP contribution in [0.4, 0.5) is 0 Å². The summed E-state index contributed by atoms with van der Waals surface area (Å²) in [6.45, 7) is 4.44. The Balaban J connectivity index is 1.62. The largest absolute Gasteiger partial charge is 0.494 e. The van der Waals surface area contributed by atoms with E-state index in [0.717, 1.165) is 46.5 Å². The number of rotatable bonds is 3. The Bertz CT molecular complexity index is 837. The molecule has 5 nitrogen and oxygen atoms in total. The number of nitrogens with one attached hydrogen (secondary N) is 1. The van der Waals surface area contributed by atoms with Gasteiger partial charge in [-0.1, -0.05) is 6.08 Å². The van der Waals surface area contributed by atoms with E-state index in [0.29, 0.717) is 6.79 Å². The monoisotopic (exact) mass is 324 g/mol. The van der Waals surface area contributed by atoms with Crippen LogP contribution in [0.25, 0.3) is 6.08 Å². The number of hydrogen-bond donors (Lipinski definition) is 1. The first-order chi connectivity index (χ1) is 11.6. The summed E-state index contributed by atoms with van der Waals surface area (Å²) >= 11 is 0. The lowest BCUT2D eigenvalue weighted by Gasteiger charge is -2.14. The molecule has 124 valence electrons. The third-order valence-corrected chi connectivity index (χ3v) is 4.46. The van der Waals surface area contributed by atoms with Gasteiger partial charge in [0.1, 0.15) is 17.2 Å². The molecule has 0 radical (unpaired) electrons. The summed E-state index contributed by atoms with van der Waals surface area (Å²) < 4.78 is 16.4. The maximum atomic E-state index is 5.52. The fraction of sp³-hybridized carbons (Fsp3) is 0.316. The van der Waals surface area contributed by atoms with Crippen molar-refractivity contribution in [2.24, 2.45) is 10.9 Å². The van der Waals surface area contributed by atoms with E-state index in [2.05, 4.69) is 24.1 Å². The summed E-state index contributed by atoms with van der Waals surface area (Å²) in [4.78, 5) is 8.15. The van der Waals surface area contributed by atoms with Gasteiger partial charge in [-0.15, -0.1) is 0 Å². The van der Waals surface area contributed by atoms with E-state index in [4.69, 9.17) is 19.2 Å². The van der Waals surface area contributed by atoms with Crippen LogP contribution in [0.2, 0.25) is 0 Å². The highest BCUT2D eigenvalue weighted by molar-refractivity contribution is 6.03. The van der Waals surface area contributed by atoms with Crippen LogP contribution < -0.4 is 0 Å². The third-order valence-electron chi connectivity index (χ3n) is 4.46. The number of ether oxygens (including phenoxy) is 3. The van der Waals surface area contributed by atoms with Gasteiger partial charge in [0, 0.05) is 29.8 Å². The Morgan fingerprint density at radius 2 is 2.21 bits per heavy atom. The topological polar surface area (TPSA) is 55.8 Å². The molecule has 0 saturated carbocycles. The van der Waals surface area contributed by atoms with Gasteiger partial charge in [-0.3, -0.25) is 0 Å². The molecular formula is C19H20N2O3. The third kappa shape index (κ3) is 2.56. The first kappa shape index (κ1) is 14.9. The van der Waals surface area contributed by atoms with Crippen LogP contribution in [-0.4, -0.2) is 24.6 Å². The van der Waals surface area contributed by atoms with Crippen LogP contribution in [0.5, 0.6) is 0 Å². The first-order valence-electron chi connectivity index (χ1n) is 8.03. The minimum atomic E-state index is 0.174. The zero-order chi connectivity index (χ0) is 16.7. The van der Waals surface area contributed by atoms with E-state index in [1.807, 2.05) is 25.2 Å². The summed E-state index contributed by atoms with van der Waals surface area (Å²) in [5.74, 6) is 2.71. The number of aromatic nitrogens is 1. The predicted octanol–water partition coefficient (Wildman–Crippen LogP) is 3.75. The smallest absolute Gasteiger partial charge is 0.230 e. The quantitative estimate of drug-likeness (QED) is 0.921. The number of nitrogens with zero attached hydrogens (tertiary/aromatic N) is 1. The van der Waals surface area contributed by atoms with Gasteiger partial charge in [-0.05, 0) is 37.6 Å². The molecule has 5 heteroatoms. The van der Waals surface area contributed by atoms with Crippen LogP contribution in [0.3, 0.4) is 0 Å². The van der Waals surface area contributed by atoms with Crippen molar-refractivity contribution in [1.82, 2.24) is 4.98 Å². The van der Waals surface area contributed by atoms with Gasteiger partial charge in [0.05, 0.1) is 12.8 Å². The van der Waals surface area contributed by atoms with Gasteiger partial charge in [0.25, 0.3) is 0 Å². The lowest BCUT2D eigenvalue weighted by Crippen LogP contribution is -2.12. The van der Waals surface area contributed by atoms with Crippen molar-refractivity contribution < 1.29 is 14.2 Å². The van der Waals surface area contributed by atoms with Gasteiger partial charge >= 0.3 is 0 Å². The van der Waals surface area contributed by atoms with Gasteiger partial charge in [0.15, 0.2) is 5.76 Å². The molecule has 4 rings (SSSR count). The van der Waals surface area contributed by atoms with Crippen molar-refractivity contribution in [3.63, 3.8) is 0 Å². The van der Waals surface area contributed by atoms with Crippen molar-refractivity contribution in [2.75, 3.05) is 13.9 Å². The van der Waals surface area contributed by atoms with Crippen LogP contribution in [-0.2, 0) is 14.2 Å². The molecule has 0 aromatic carbocycles. The average molecular weight is 324 g/mol. The number of allylic oxidation sites excluding steroid dienone is 4. The average Bonchev–Trinajstić information content (AvgIpc) is 3.26. The number of methoxy groups -OCH3 is 1. The minimum absolute atomic E-state index is 0.174. The molecule has 1 aliphatic carbocycles. The van der Waals surface area contributed by atoms with Gasteiger partial charge < -0.3 is 19.2 Å². The Morgan fingerprint density at radius 3 is 2.96 bits per heavy atom. The second-order valence-electron chi connectivity index (χ2n) is 6.19. The van der Waals surface area contributed by atoms with E-state index < -0.39 is 0 Å². The molecular weight excluding hydrogens is 304 g/mol. The summed E-state index contributed by atoms with van der Waals surface area (Å²) in [5, 5.41) is 0. The standard InChI is InChI=1S/C19H20N2O3/c1-11-6-12(2)20-14(11)8-16-18(22-3)9-15(21-16)13-4-5-17-19(7-13)24-10-23-17/h4-6,8-9,13,20H,7,10H2,1-3H3/b16-8-. The minimum Gasteiger partial charge on any atom is -0.494 e. The van der Waals surface area contributed by atoms with E-state index in [-0.39, 0.29) is 5.92 Å².